The fourth-order valence-corrected chi connectivity index (χ4v) is 1.87. The largest absolute Gasteiger partial charge is 0.416 e. The zero-order valence-corrected chi connectivity index (χ0v) is 10.7. The molecule has 0 fully saturated rings. The molecule has 2 rings (SSSR count). The summed E-state index contributed by atoms with van der Waals surface area (Å²) in [6.45, 7) is 1.70. The second kappa shape index (κ2) is 5.00. The smallest absolute Gasteiger partial charge is 0.398 e. The van der Waals surface area contributed by atoms with Gasteiger partial charge in [-0.2, -0.15) is 13.2 Å². The predicted octanol–water partition coefficient (Wildman–Crippen LogP) is 3.83. The van der Waals surface area contributed by atoms with Crippen LogP contribution in [-0.2, 0) is 6.18 Å². The van der Waals surface area contributed by atoms with Gasteiger partial charge in [-0.25, -0.2) is 0 Å². The van der Waals surface area contributed by atoms with Gasteiger partial charge in [-0.3, -0.25) is 4.79 Å². The van der Waals surface area contributed by atoms with E-state index in [-0.39, 0.29) is 11.3 Å². The van der Waals surface area contributed by atoms with Crippen molar-refractivity contribution in [2.24, 2.45) is 0 Å². The summed E-state index contributed by atoms with van der Waals surface area (Å²) in [5, 5.41) is 0. The van der Waals surface area contributed by atoms with Crippen molar-refractivity contribution in [3.05, 3.63) is 64.7 Å². The molecule has 0 radical (unpaired) electrons. The van der Waals surface area contributed by atoms with Gasteiger partial charge in [0.2, 0.25) is 0 Å². The summed E-state index contributed by atoms with van der Waals surface area (Å²) >= 11 is 0. The minimum absolute atomic E-state index is 0.201. The Balaban J connectivity index is 2.37. The summed E-state index contributed by atoms with van der Waals surface area (Å²) in [6, 6.07) is 9.05. The number of nitrogen functional groups attached to an aromatic ring is 1. The van der Waals surface area contributed by atoms with Crippen LogP contribution in [0.5, 0.6) is 0 Å². The first kappa shape index (κ1) is 14.1. The summed E-state index contributed by atoms with van der Waals surface area (Å²) < 4.78 is 37.4. The summed E-state index contributed by atoms with van der Waals surface area (Å²) in [5.41, 5.74) is 6.63. The lowest BCUT2D eigenvalue weighted by atomic mass is 9.97. The van der Waals surface area contributed by atoms with Crippen molar-refractivity contribution in [1.29, 1.82) is 0 Å². The molecule has 0 saturated heterocycles. The molecular weight excluding hydrogens is 267 g/mol. The molecule has 0 bridgehead atoms. The van der Waals surface area contributed by atoms with Crippen LogP contribution in [0.15, 0.2) is 42.5 Å². The van der Waals surface area contributed by atoms with E-state index < -0.39 is 11.7 Å². The van der Waals surface area contributed by atoms with Gasteiger partial charge in [0, 0.05) is 16.8 Å². The molecule has 0 heterocycles. The van der Waals surface area contributed by atoms with Crippen molar-refractivity contribution < 1.29 is 18.0 Å². The number of nitrogens with two attached hydrogens (primary N) is 1. The fourth-order valence-electron chi connectivity index (χ4n) is 1.87. The number of carbonyl (C=O) groups excluding carboxylic acids is 1. The zero-order chi connectivity index (χ0) is 14.9. The third kappa shape index (κ3) is 2.66. The molecule has 2 aromatic carbocycles. The first-order valence-electron chi connectivity index (χ1n) is 5.88. The molecule has 2 N–H and O–H groups in total. The topological polar surface area (TPSA) is 43.1 Å². The first-order chi connectivity index (χ1) is 9.30. The van der Waals surface area contributed by atoms with Crippen LogP contribution in [-0.4, -0.2) is 5.78 Å². The van der Waals surface area contributed by atoms with Gasteiger partial charge in [-0.1, -0.05) is 24.3 Å². The quantitative estimate of drug-likeness (QED) is 0.670. The van der Waals surface area contributed by atoms with Crippen LogP contribution in [0.3, 0.4) is 0 Å². The summed E-state index contributed by atoms with van der Waals surface area (Å²) in [4.78, 5) is 12.2. The number of benzene rings is 2. The highest BCUT2D eigenvalue weighted by Gasteiger charge is 2.30. The molecule has 20 heavy (non-hydrogen) atoms. The van der Waals surface area contributed by atoms with Crippen LogP contribution >= 0.6 is 0 Å². The van der Waals surface area contributed by atoms with Crippen molar-refractivity contribution in [3.63, 3.8) is 0 Å². The van der Waals surface area contributed by atoms with Crippen LogP contribution in [0.4, 0.5) is 18.9 Å². The third-order valence-electron chi connectivity index (χ3n) is 3.09. The van der Waals surface area contributed by atoms with Crippen molar-refractivity contribution >= 4 is 11.5 Å². The number of anilines is 1. The van der Waals surface area contributed by atoms with E-state index >= 15 is 0 Å². The second-order valence-corrected chi connectivity index (χ2v) is 4.42. The lowest BCUT2D eigenvalue weighted by Crippen LogP contribution is -2.08. The molecule has 0 aromatic heterocycles. The number of alkyl halides is 3. The van der Waals surface area contributed by atoms with Gasteiger partial charge in [0.25, 0.3) is 0 Å². The van der Waals surface area contributed by atoms with Gasteiger partial charge in [-0.15, -0.1) is 0 Å². The Morgan fingerprint density at radius 1 is 1.05 bits per heavy atom. The van der Waals surface area contributed by atoms with Gasteiger partial charge in [0.05, 0.1) is 5.56 Å². The van der Waals surface area contributed by atoms with Gasteiger partial charge < -0.3 is 5.73 Å². The number of ketones is 1. The number of hydrogen-bond acceptors (Lipinski definition) is 2. The molecule has 0 amide bonds. The average Bonchev–Trinajstić information content (AvgIpc) is 2.40. The highest BCUT2D eigenvalue weighted by molar-refractivity contribution is 6.10. The number of rotatable bonds is 2. The van der Waals surface area contributed by atoms with E-state index in [0.717, 1.165) is 12.1 Å². The zero-order valence-electron chi connectivity index (χ0n) is 10.7. The predicted molar refractivity (Wildman–Crippen MR) is 70.5 cm³/mol. The standard InChI is InChI=1S/C15H12F3NO/c1-9-12(3-2-4-13(9)19)14(20)10-5-7-11(8-6-10)15(16,17)18/h2-8H,19H2,1H3. The maximum atomic E-state index is 12.5. The van der Waals surface area contributed by atoms with E-state index in [1.54, 1.807) is 25.1 Å². The minimum Gasteiger partial charge on any atom is -0.398 e. The molecule has 0 saturated carbocycles. The number of halogens is 3. The Hall–Kier alpha value is -2.30. The average molecular weight is 279 g/mol. The molecule has 0 aliphatic carbocycles. The number of hydrogen-bond donors (Lipinski definition) is 1. The maximum Gasteiger partial charge on any atom is 0.416 e. The summed E-state index contributed by atoms with van der Waals surface area (Å²) in [6.07, 6.45) is -4.41. The SMILES string of the molecule is Cc1c(N)cccc1C(=O)c1ccc(C(F)(F)F)cc1. The molecule has 5 heteroatoms. The molecule has 2 nitrogen and oxygen atoms in total. The van der Waals surface area contributed by atoms with E-state index in [9.17, 15) is 18.0 Å². The molecule has 0 unspecified atom stereocenters. The van der Waals surface area contributed by atoms with E-state index in [1.165, 1.54) is 12.1 Å². The Kier molecular flexibility index (Phi) is 3.53. The highest BCUT2D eigenvalue weighted by Crippen LogP contribution is 2.29. The lowest BCUT2D eigenvalue weighted by molar-refractivity contribution is -0.137. The highest BCUT2D eigenvalue weighted by atomic mass is 19.4. The van der Waals surface area contributed by atoms with Crippen LogP contribution in [0.2, 0.25) is 0 Å². The third-order valence-corrected chi connectivity index (χ3v) is 3.09. The minimum atomic E-state index is -4.41. The van der Waals surface area contributed by atoms with Crippen molar-refractivity contribution in [1.82, 2.24) is 0 Å². The Bertz CT molecular complexity index is 645. The van der Waals surface area contributed by atoms with E-state index in [4.69, 9.17) is 5.73 Å². The lowest BCUT2D eigenvalue weighted by Gasteiger charge is -2.09. The van der Waals surface area contributed by atoms with Crippen molar-refractivity contribution in [3.8, 4) is 0 Å². The normalized spacial score (nSPS) is 11.4. The Morgan fingerprint density at radius 3 is 2.20 bits per heavy atom. The second-order valence-electron chi connectivity index (χ2n) is 4.42. The fraction of sp³-hybridized carbons (Fsp3) is 0.133. The van der Waals surface area contributed by atoms with E-state index in [2.05, 4.69) is 0 Å². The van der Waals surface area contributed by atoms with Crippen LogP contribution in [0.25, 0.3) is 0 Å². The van der Waals surface area contributed by atoms with E-state index in [0.29, 0.717) is 16.8 Å². The molecular formula is C15H12F3NO. The van der Waals surface area contributed by atoms with Crippen molar-refractivity contribution in [2.75, 3.05) is 5.73 Å². The molecule has 0 aliphatic heterocycles. The van der Waals surface area contributed by atoms with Gasteiger partial charge >= 0.3 is 6.18 Å². The Morgan fingerprint density at radius 2 is 1.65 bits per heavy atom. The number of carbonyl (C=O) groups is 1. The van der Waals surface area contributed by atoms with Crippen molar-refractivity contribution in [2.45, 2.75) is 13.1 Å². The summed E-state index contributed by atoms with van der Waals surface area (Å²) in [7, 11) is 0. The molecule has 2 aromatic rings. The molecule has 0 atom stereocenters. The van der Waals surface area contributed by atoms with Gasteiger partial charge in [0.15, 0.2) is 5.78 Å². The van der Waals surface area contributed by atoms with Crippen LogP contribution in [0.1, 0.15) is 27.0 Å². The maximum absolute atomic E-state index is 12.5. The first-order valence-corrected chi connectivity index (χ1v) is 5.88. The van der Waals surface area contributed by atoms with E-state index in [1.807, 2.05) is 0 Å². The molecule has 0 aliphatic rings. The summed E-state index contributed by atoms with van der Waals surface area (Å²) in [5.74, 6) is -0.344. The van der Waals surface area contributed by atoms with Crippen LogP contribution < -0.4 is 5.73 Å². The Labute approximate surface area is 114 Å². The monoisotopic (exact) mass is 279 g/mol. The molecule has 104 valence electrons. The van der Waals surface area contributed by atoms with Gasteiger partial charge in [0.1, 0.15) is 0 Å². The molecule has 0 spiro atoms. The van der Waals surface area contributed by atoms with Gasteiger partial charge in [-0.05, 0) is 30.7 Å². The van der Waals surface area contributed by atoms with Crippen LogP contribution in [0, 0.1) is 6.92 Å².